The van der Waals surface area contributed by atoms with E-state index < -0.39 is 5.60 Å². The fourth-order valence-electron chi connectivity index (χ4n) is 4.87. The van der Waals surface area contributed by atoms with Crippen molar-refractivity contribution in [2.24, 2.45) is 5.92 Å². The van der Waals surface area contributed by atoms with Crippen molar-refractivity contribution in [3.05, 3.63) is 46.2 Å². The fraction of sp³-hybridized carbons (Fsp3) is 0.625. The number of rotatable bonds is 6. The summed E-state index contributed by atoms with van der Waals surface area (Å²) in [4.78, 5) is 4.94. The molecular formula is C24H34Cl2N4O. The van der Waals surface area contributed by atoms with Gasteiger partial charge in [0.05, 0.1) is 33.6 Å². The molecule has 0 radical (unpaired) electrons. The molecule has 0 spiro atoms. The molecule has 0 atom stereocenters. The standard InChI is InChI=1S/C24H34Cl2N4O/c1-24(2,31)19-16-27-30(17-19)20-8-6-18(7-9-20)10-11-28-12-14-29(15-13-28)22-5-3-4-21(25)23(22)26/h3-5,16-18,20,31H,6-15H2,1-2H3. The first-order valence-electron chi connectivity index (χ1n) is 11.5. The van der Waals surface area contributed by atoms with Crippen LogP contribution in [-0.4, -0.2) is 52.5 Å². The zero-order chi connectivity index (χ0) is 22.0. The lowest BCUT2D eigenvalue weighted by Gasteiger charge is -2.37. The van der Waals surface area contributed by atoms with Gasteiger partial charge < -0.3 is 10.0 Å². The van der Waals surface area contributed by atoms with Crippen molar-refractivity contribution in [3.8, 4) is 0 Å². The van der Waals surface area contributed by atoms with E-state index in [9.17, 15) is 5.11 Å². The van der Waals surface area contributed by atoms with Crippen LogP contribution in [0.5, 0.6) is 0 Å². The number of nitrogens with zero attached hydrogens (tertiary/aromatic N) is 4. The molecule has 1 aliphatic carbocycles. The van der Waals surface area contributed by atoms with E-state index >= 15 is 0 Å². The highest BCUT2D eigenvalue weighted by Gasteiger charge is 2.26. The second kappa shape index (κ2) is 9.70. The van der Waals surface area contributed by atoms with Gasteiger partial charge >= 0.3 is 0 Å². The number of hydrogen-bond acceptors (Lipinski definition) is 4. The summed E-state index contributed by atoms with van der Waals surface area (Å²) < 4.78 is 2.07. The zero-order valence-electron chi connectivity index (χ0n) is 18.6. The van der Waals surface area contributed by atoms with E-state index in [1.165, 1.54) is 38.6 Å². The highest BCUT2D eigenvalue weighted by Crippen LogP contribution is 2.35. The highest BCUT2D eigenvalue weighted by atomic mass is 35.5. The Labute approximate surface area is 195 Å². The van der Waals surface area contributed by atoms with Gasteiger partial charge in [-0.15, -0.1) is 0 Å². The van der Waals surface area contributed by atoms with Gasteiger partial charge in [0, 0.05) is 37.9 Å². The van der Waals surface area contributed by atoms with Crippen LogP contribution in [-0.2, 0) is 5.60 Å². The van der Waals surface area contributed by atoms with E-state index in [0.717, 1.165) is 43.3 Å². The lowest BCUT2D eigenvalue weighted by atomic mass is 9.84. The fourth-order valence-corrected chi connectivity index (χ4v) is 5.28. The summed E-state index contributed by atoms with van der Waals surface area (Å²) in [6.45, 7) is 8.95. The molecule has 7 heteroatoms. The molecule has 1 saturated carbocycles. The van der Waals surface area contributed by atoms with Crippen molar-refractivity contribution in [2.45, 2.75) is 57.6 Å². The molecule has 170 valence electrons. The minimum atomic E-state index is -0.822. The Hall–Kier alpha value is -1.27. The predicted molar refractivity (Wildman–Crippen MR) is 128 cm³/mol. The van der Waals surface area contributed by atoms with Crippen LogP contribution in [0.25, 0.3) is 0 Å². The monoisotopic (exact) mass is 464 g/mol. The van der Waals surface area contributed by atoms with Gasteiger partial charge in [-0.05, 0) is 70.5 Å². The molecule has 0 unspecified atom stereocenters. The Balaban J connectivity index is 1.19. The first-order valence-corrected chi connectivity index (χ1v) is 12.2. The SMILES string of the molecule is CC(C)(O)c1cnn(C2CCC(CCN3CCN(c4cccc(Cl)c4Cl)CC3)CC2)c1. The Morgan fingerprint density at radius 1 is 1.06 bits per heavy atom. The van der Waals surface area contributed by atoms with E-state index in [-0.39, 0.29) is 0 Å². The van der Waals surface area contributed by atoms with E-state index in [4.69, 9.17) is 23.2 Å². The molecule has 2 heterocycles. The van der Waals surface area contributed by atoms with E-state index in [2.05, 4.69) is 25.6 Å². The number of aromatic nitrogens is 2. The number of piperazine rings is 1. The first kappa shape index (κ1) is 22.9. The maximum atomic E-state index is 10.2. The summed E-state index contributed by atoms with van der Waals surface area (Å²) in [5.41, 5.74) is 1.13. The van der Waals surface area contributed by atoms with Crippen LogP contribution in [0.1, 0.15) is 57.6 Å². The van der Waals surface area contributed by atoms with Crippen LogP contribution in [0.4, 0.5) is 5.69 Å². The van der Waals surface area contributed by atoms with Crippen LogP contribution >= 0.6 is 23.2 Å². The van der Waals surface area contributed by atoms with Crippen LogP contribution in [0, 0.1) is 5.92 Å². The number of aliphatic hydroxyl groups is 1. The smallest absolute Gasteiger partial charge is 0.0870 e. The second-order valence-corrected chi connectivity index (χ2v) is 10.4. The molecule has 4 rings (SSSR count). The third-order valence-corrected chi connectivity index (χ3v) is 7.81. The number of benzene rings is 1. The predicted octanol–water partition coefficient (Wildman–Crippen LogP) is 5.36. The van der Waals surface area contributed by atoms with Gasteiger partial charge in [-0.2, -0.15) is 5.10 Å². The van der Waals surface area contributed by atoms with E-state index in [0.29, 0.717) is 16.1 Å². The summed E-state index contributed by atoms with van der Waals surface area (Å²) in [7, 11) is 0. The van der Waals surface area contributed by atoms with Crippen LogP contribution < -0.4 is 4.90 Å². The molecule has 0 bridgehead atoms. The summed E-state index contributed by atoms with van der Waals surface area (Å²) in [6, 6.07) is 6.35. The molecule has 0 amide bonds. The van der Waals surface area contributed by atoms with Crippen LogP contribution in [0.15, 0.2) is 30.6 Å². The zero-order valence-corrected chi connectivity index (χ0v) is 20.1. The van der Waals surface area contributed by atoms with Crippen molar-refractivity contribution >= 4 is 28.9 Å². The summed E-state index contributed by atoms with van der Waals surface area (Å²) in [5, 5.41) is 16.0. The minimum absolute atomic E-state index is 0.471. The highest BCUT2D eigenvalue weighted by molar-refractivity contribution is 6.43. The largest absolute Gasteiger partial charge is 0.386 e. The van der Waals surface area contributed by atoms with Crippen molar-refractivity contribution in [3.63, 3.8) is 0 Å². The first-order chi connectivity index (χ1) is 14.8. The van der Waals surface area contributed by atoms with Crippen molar-refractivity contribution in [1.29, 1.82) is 0 Å². The molecule has 1 aromatic carbocycles. The normalized spacial score (nSPS) is 23.3. The average molecular weight is 465 g/mol. The Bertz CT molecular complexity index is 863. The third-order valence-electron chi connectivity index (χ3n) is 7.00. The molecule has 5 nitrogen and oxygen atoms in total. The van der Waals surface area contributed by atoms with E-state index in [1.807, 2.05) is 38.4 Å². The van der Waals surface area contributed by atoms with Crippen LogP contribution in [0.3, 0.4) is 0 Å². The van der Waals surface area contributed by atoms with Crippen molar-refractivity contribution in [1.82, 2.24) is 14.7 Å². The Morgan fingerprint density at radius 3 is 2.42 bits per heavy atom. The maximum Gasteiger partial charge on any atom is 0.0870 e. The quantitative estimate of drug-likeness (QED) is 0.624. The Morgan fingerprint density at radius 2 is 1.77 bits per heavy atom. The maximum absolute atomic E-state index is 10.2. The molecular weight excluding hydrogens is 431 g/mol. The molecule has 1 N–H and O–H groups in total. The number of anilines is 1. The topological polar surface area (TPSA) is 44.5 Å². The van der Waals surface area contributed by atoms with Gasteiger partial charge in [-0.1, -0.05) is 29.3 Å². The van der Waals surface area contributed by atoms with Gasteiger partial charge in [-0.3, -0.25) is 9.58 Å². The number of halogens is 2. The molecule has 1 aliphatic heterocycles. The minimum Gasteiger partial charge on any atom is -0.386 e. The second-order valence-electron chi connectivity index (χ2n) is 9.63. The molecule has 2 aliphatic rings. The Kier molecular flexibility index (Phi) is 7.17. The molecule has 1 aromatic heterocycles. The van der Waals surface area contributed by atoms with Gasteiger partial charge in [0.1, 0.15) is 0 Å². The lowest BCUT2D eigenvalue weighted by Crippen LogP contribution is -2.47. The van der Waals surface area contributed by atoms with Gasteiger partial charge in [0.2, 0.25) is 0 Å². The summed E-state index contributed by atoms with van der Waals surface area (Å²) in [6.07, 6.45) is 10.00. The third kappa shape index (κ3) is 5.57. The number of hydrogen-bond donors (Lipinski definition) is 1. The van der Waals surface area contributed by atoms with Gasteiger partial charge in [0.25, 0.3) is 0 Å². The molecule has 2 aromatic rings. The molecule has 1 saturated heterocycles. The molecule has 2 fully saturated rings. The van der Waals surface area contributed by atoms with E-state index in [1.54, 1.807) is 0 Å². The molecule has 31 heavy (non-hydrogen) atoms. The summed E-state index contributed by atoms with van der Waals surface area (Å²) >= 11 is 12.6. The van der Waals surface area contributed by atoms with Crippen molar-refractivity contribution < 1.29 is 5.11 Å². The van der Waals surface area contributed by atoms with Crippen molar-refractivity contribution in [2.75, 3.05) is 37.6 Å². The summed E-state index contributed by atoms with van der Waals surface area (Å²) in [5.74, 6) is 0.806. The van der Waals surface area contributed by atoms with Gasteiger partial charge in [-0.25, -0.2) is 0 Å². The average Bonchev–Trinajstić information content (AvgIpc) is 3.26. The lowest BCUT2D eigenvalue weighted by molar-refractivity contribution is 0.0783. The van der Waals surface area contributed by atoms with Gasteiger partial charge in [0.15, 0.2) is 0 Å². The van der Waals surface area contributed by atoms with Crippen LogP contribution in [0.2, 0.25) is 10.0 Å².